The van der Waals surface area contributed by atoms with Crippen LogP contribution >= 0.6 is 0 Å². The molecular weight excluding hydrogens is 324 g/mol. The Hall–Kier alpha value is -2.70. The first kappa shape index (κ1) is 17.1. The van der Waals surface area contributed by atoms with E-state index in [4.69, 9.17) is 18.7 Å². The summed E-state index contributed by atoms with van der Waals surface area (Å²) in [7, 11) is 4.53. The molecule has 1 heterocycles. The van der Waals surface area contributed by atoms with Gasteiger partial charge in [0, 0.05) is 11.1 Å². The molecular formula is C18H22N2O5. The van der Waals surface area contributed by atoms with Gasteiger partial charge < -0.3 is 18.7 Å². The van der Waals surface area contributed by atoms with Gasteiger partial charge >= 0.3 is 0 Å². The standard InChI is InChI=1S/C18H22N2O5/c1-10-5-6-13-12(7-10)18(25-20-13)19-17(21)11-8-14(22-2)16(24-4)15(9-11)23-3/h8-10H,5-7H2,1-4H3,(H,19,21)/t10-/m0/s1. The number of carbonyl (C=O) groups excluding carboxylic acids is 1. The van der Waals surface area contributed by atoms with Gasteiger partial charge in [-0.2, -0.15) is 0 Å². The second-order valence-corrected chi connectivity index (χ2v) is 6.15. The van der Waals surface area contributed by atoms with E-state index in [1.807, 2.05) is 0 Å². The molecule has 1 N–H and O–H groups in total. The number of ether oxygens (including phenoxy) is 3. The molecule has 0 spiro atoms. The zero-order chi connectivity index (χ0) is 18.0. The smallest absolute Gasteiger partial charge is 0.258 e. The molecule has 1 amide bonds. The van der Waals surface area contributed by atoms with Crippen LogP contribution in [0.3, 0.4) is 0 Å². The highest BCUT2D eigenvalue weighted by Gasteiger charge is 2.25. The summed E-state index contributed by atoms with van der Waals surface area (Å²) in [6.07, 6.45) is 2.81. The lowest BCUT2D eigenvalue weighted by Gasteiger charge is -2.17. The van der Waals surface area contributed by atoms with E-state index >= 15 is 0 Å². The first-order chi connectivity index (χ1) is 12.1. The number of amides is 1. The molecule has 1 aliphatic carbocycles. The van der Waals surface area contributed by atoms with Crippen molar-refractivity contribution in [2.75, 3.05) is 26.6 Å². The minimum absolute atomic E-state index is 0.323. The van der Waals surface area contributed by atoms with Crippen LogP contribution in [-0.2, 0) is 12.8 Å². The Kier molecular flexibility index (Phi) is 4.83. The van der Waals surface area contributed by atoms with Crippen LogP contribution in [0.25, 0.3) is 0 Å². The summed E-state index contributed by atoms with van der Waals surface area (Å²) in [5.74, 6) is 1.91. The molecule has 0 saturated heterocycles. The van der Waals surface area contributed by atoms with E-state index < -0.39 is 0 Å². The summed E-state index contributed by atoms with van der Waals surface area (Å²) < 4.78 is 21.2. The summed E-state index contributed by atoms with van der Waals surface area (Å²) >= 11 is 0. The summed E-state index contributed by atoms with van der Waals surface area (Å²) in [5, 5.41) is 6.88. The number of fused-ring (bicyclic) bond motifs is 1. The van der Waals surface area contributed by atoms with E-state index in [2.05, 4.69) is 17.4 Å². The number of hydrogen-bond acceptors (Lipinski definition) is 6. The number of benzene rings is 1. The van der Waals surface area contributed by atoms with Crippen molar-refractivity contribution < 1.29 is 23.5 Å². The van der Waals surface area contributed by atoms with Gasteiger partial charge in [-0.05, 0) is 37.3 Å². The maximum atomic E-state index is 12.7. The third-order valence-electron chi connectivity index (χ3n) is 4.45. The number of carbonyl (C=O) groups is 1. The molecule has 1 atom stereocenters. The number of aromatic nitrogens is 1. The highest BCUT2D eigenvalue weighted by atomic mass is 16.5. The van der Waals surface area contributed by atoms with Crippen LogP contribution in [-0.4, -0.2) is 32.4 Å². The number of nitrogens with one attached hydrogen (secondary N) is 1. The molecule has 0 radical (unpaired) electrons. The fourth-order valence-corrected chi connectivity index (χ4v) is 3.07. The Balaban J connectivity index is 1.88. The molecule has 0 bridgehead atoms. The minimum Gasteiger partial charge on any atom is -0.493 e. The first-order valence-electron chi connectivity index (χ1n) is 8.16. The third-order valence-corrected chi connectivity index (χ3v) is 4.45. The number of nitrogens with zero attached hydrogens (tertiary/aromatic N) is 1. The van der Waals surface area contributed by atoms with Crippen LogP contribution < -0.4 is 19.5 Å². The van der Waals surface area contributed by atoms with Gasteiger partial charge in [-0.25, -0.2) is 0 Å². The van der Waals surface area contributed by atoms with Gasteiger partial charge in [0.1, 0.15) is 0 Å². The molecule has 2 aromatic rings. The molecule has 1 aromatic carbocycles. The van der Waals surface area contributed by atoms with Crippen molar-refractivity contribution >= 4 is 11.8 Å². The fourth-order valence-electron chi connectivity index (χ4n) is 3.07. The van der Waals surface area contributed by atoms with E-state index in [0.29, 0.717) is 34.6 Å². The normalized spacial score (nSPS) is 16.1. The highest BCUT2D eigenvalue weighted by molar-refractivity contribution is 6.04. The topological polar surface area (TPSA) is 82.8 Å². The van der Waals surface area contributed by atoms with Crippen molar-refractivity contribution in [1.82, 2.24) is 5.16 Å². The number of rotatable bonds is 5. The minimum atomic E-state index is -0.323. The predicted molar refractivity (Wildman–Crippen MR) is 91.7 cm³/mol. The van der Waals surface area contributed by atoms with Crippen molar-refractivity contribution in [2.45, 2.75) is 26.2 Å². The number of hydrogen-bond donors (Lipinski definition) is 1. The first-order valence-corrected chi connectivity index (χ1v) is 8.16. The van der Waals surface area contributed by atoms with E-state index in [0.717, 1.165) is 30.5 Å². The van der Waals surface area contributed by atoms with Crippen LogP contribution in [0.1, 0.15) is 35.0 Å². The van der Waals surface area contributed by atoms with E-state index in [-0.39, 0.29) is 5.91 Å². The lowest BCUT2D eigenvalue weighted by molar-refractivity contribution is 0.102. The number of methoxy groups -OCH3 is 3. The lowest BCUT2D eigenvalue weighted by atomic mass is 9.89. The van der Waals surface area contributed by atoms with Gasteiger partial charge in [-0.3, -0.25) is 10.1 Å². The van der Waals surface area contributed by atoms with Crippen molar-refractivity contribution in [2.24, 2.45) is 5.92 Å². The Labute approximate surface area is 146 Å². The van der Waals surface area contributed by atoms with Crippen molar-refractivity contribution in [3.05, 3.63) is 29.0 Å². The summed E-state index contributed by atoms with van der Waals surface area (Å²) in [6.45, 7) is 2.18. The molecule has 134 valence electrons. The third kappa shape index (κ3) is 3.26. The van der Waals surface area contributed by atoms with Crippen molar-refractivity contribution in [1.29, 1.82) is 0 Å². The number of aryl methyl sites for hydroxylation is 1. The zero-order valence-electron chi connectivity index (χ0n) is 14.8. The molecule has 25 heavy (non-hydrogen) atoms. The van der Waals surface area contributed by atoms with Gasteiger partial charge in [0.05, 0.1) is 27.0 Å². The lowest BCUT2D eigenvalue weighted by Crippen LogP contribution is -2.16. The second-order valence-electron chi connectivity index (χ2n) is 6.15. The van der Waals surface area contributed by atoms with Crippen LogP contribution in [0, 0.1) is 5.92 Å². The maximum Gasteiger partial charge on any atom is 0.258 e. The molecule has 3 rings (SSSR count). The quantitative estimate of drug-likeness (QED) is 0.896. The van der Waals surface area contributed by atoms with Crippen LogP contribution in [0.15, 0.2) is 16.7 Å². The van der Waals surface area contributed by atoms with E-state index in [9.17, 15) is 4.79 Å². The van der Waals surface area contributed by atoms with Gasteiger partial charge in [0.15, 0.2) is 11.5 Å². The van der Waals surface area contributed by atoms with Gasteiger partial charge in [0.2, 0.25) is 11.6 Å². The largest absolute Gasteiger partial charge is 0.493 e. The summed E-state index contributed by atoms with van der Waals surface area (Å²) in [4.78, 5) is 12.7. The number of anilines is 1. The zero-order valence-corrected chi connectivity index (χ0v) is 14.8. The summed E-state index contributed by atoms with van der Waals surface area (Å²) in [6, 6.07) is 3.20. The fraction of sp³-hybridized carbons (Fsp3) is 0.444. The molecule has 0 aliphatic heterocycles. The predicted octanol–water partition coefficient (Wildman–Crippen LogP) is 3.08. The van der Waals surface area contributed by atoms with Crippen LogP contribution in [0.4, 0.5) is 5.88 Å². The molecule has 0 saturated carbocycles. The van der Waals surface area contributed by atoms with E-state index in [1.165, 1.54) is 21.3 Å². The molecule has 1 aliphatic rings. The Bertz CT molecular complexity index is 759. The maximum absolute atomic E-state index is 12.7. The van der Waals surface area contributed by atoms with Gasteiger partial charge in [0.25, 0.3) is 5.91 Å². The highest BCUT2D eigenvalue weighted by Crippen LogP contribution is 2.38. The van der Waals surface area contributed by atoms with Crippen LogP contribution in [0.5, 0.6) is 17.2 Å². The average molecular weight is 346 g/mol. The van der Waals surface area contributed by atoms with Gasteiger partial charge in [-0.1, -0.05) is 12.1 Å². The Morgan fingerprint density at radius 1 is 1.20 bits per heavy atom. The monoisotopic (exact) mass is 346 g/mol. The molecule has 7 nitrogen and oxygen atoms in total. The Morgan fingerprint density at radius 2 is 1.88 bits per heavy atom. The molecule has 0 unspecified atom stereocenters. The van der Waals surface area contributed by atoms with E-state index in [1.54, 1.807) is 12.1 Å². The molecule has 0 fully saturated rings. The van der Waals surface area contributed by atoms with Crippen molar-refractivity contribution in [3.8, 4) is 17.2 Å². The Morgan fingerprint density at radius 3 is 2.48 bits per heavy atom. The van der Waals surface area contributed by atoms with Crippen molar-refractivity contribution in [3.63, 3.8) is 0 Å². The summed E-state index contributed by atoms with van der Waals surface area (Å²) in [5.41, 5.74) is 2.29. The molecule has 1 aromatic heterocycles. The second kappa shape index (κ2) is 7.04. The van der Waals surface area contributed by atoms with Gasteiger partial charge in [-0.15, -0.1) is 0 Å². The SMILES string of the molecule is COc1cc(C(=O)Nc2onc3c2C[C@@H](C)CC3)cc(OC)c1OC. The molecule has 7 heteroatoms. The van der Waals surface area contributed by atoms with Crippen LogP contribution in [0.2, 0.25) is 0 Å². The average Bonchev–Trinajstić information content (AvgIpc) is 3.02.